The minimum absolute atomic E-state index is 0.145. The Bertz CT molecular complexity index is 482. The Morgan fingerprint density at radius 1 is 1.24 bits per heavy atom. The fourth-order valence-corrected chi connectivity index (χ4v) is 3.56. The molecule has 0 radical (unpaired) electrons. The summed E-state index contributed by atoms with van der Waals surface area (Å²) in [7, 11) is 1.57. The Morgan fingerprint density at radius 2 is 1.86 bits per heavy atom. The maximum Gasteiger partial charge on any atom is 0.160 e. The highest BCUT2D eigenvalue weighted by atomic mass is 16.5. The molecule has 2 rings (SSSR count). The molecule has 3 N–H and O–H groups in total. The maximum atomic E-state index is 9.64. The van der Waals surface area contributed by atoms with Gasteiger partial charge in [0, 0.05) is 23.7 Å². The van der Waals surface area contributed by atoms with Gasteiger partial charge in [0.25, 0.3) is 0 Å². The number of ether oxygens (including phenoxy) is 1. The molecular formula is C17H28N2O2. The molecule has 1 aliphatic rings. The Kier molecular flexibility index (Phi) is 4.49. The average molecular weight is 292 g/mol. The Hall–Kier alpha value is -1.26. The smallest absolute Gasteiger partial charge is 0.160 e. The number of aromatic hydroxyl groups is 1. The van der Waals surface area contributed by atoms with Crippen LogP contribution in [0.2, 0.25) is 0 Å². The van der Waals surface area contributed by atoms with Crippen molar-refractivity contribution >= 4 is 0 Å². The van der Waals surface area contributed by atoms with Crippen molar-refractivity contribution in [2.75, 3.05) is 7.11 Å². The van der Waals surface area contributed by atoms with E-state index in [0.717, 1.165) is 24.9 Å². The molecule has 21 heavy (non-hydrogen) atoms. The van der Waals surface area contributed by atoms with Gasteiger partial charge < -0.3 is 20.5 Å². The molecule has 0 aliphatic carbocycles. The minimum Gasteiger partial charge on any atom is -0.504 e. The Morgan fingerprint density at radius 3 is 2.43 bits per heavy atom. The van der Waals surface area contributed by atoms with Crippen LogP contribution in [-0.4, -0.2) is 29.3 Å². The molecule has 0 unspecified atom stereocenters. The van der Waals surface area contributed by atoms with E-state index in [0.29, 0.717) is 11.8 Å². The second-order valence-electron chi connectivity index (χ2n) is 7.39. The van der Waals surface area contributed by atoms with Crippen molar-refractivity contribution in [2.45, 2.75) is 64.2 Å². The highest BCUT2D eigenvalue weighted by Crippen LogP contribution is 2.29. The number of phenolic OH excluding ortho intramolecular Hbond substituents is 1. The first-order valence-electron chi connectivity index (χ1n) is 7.59. The highest BCUT2D eigenvalue weighted by Gasteiger charge is 2.37. The molecule has 0 bridgehead atoms. The molecule has 0 saturated carbocycles. The van der Waals surface area contributed by atoms with Crippen molar-refractivity contribution in [3.05, 3.63) is 23.8 Å². The van der Waals surface area contributed by atoms with Crippen molar-refractivity contribution in [1.82, 2.24) is 10.6 Å². The third kappa shape index (κ3) is 4.35. The fourth-order valence-electron chi connectivity index (χ4n) is 3.56. The summed E-state index contributed by atoms with van der Waals surface area (Å²) in [5.41, 5.74) is 1.41. The first-order valence-corrected chi connectivity index (χ1v) is 7.59. The minimum atomic E-state index is 0.145. The van der Waals surface area contributed by atoms with Gasteiger partial charge in [-0.2, -0.15) is 0 Å². The van der Waals surface area contributed by atoms with Gasteiger partial charge in [-0.15, -0.1) is 0 Å². The number of nitrogens with one attached hydrogen (secondary N) is 2. The quantitative estimate of drug-likeness (QED) is 0.799. The number of piperidine rings is 1. The fraction of sp³-hybridized carbons (Fsp3) is 0.647. The molecule has 4 nitrogen and oxygen atoms in total. The maximum absolute atomic E-state index is 9.64. The number of phenols is 1. The third-order valence-electron chi connectivity index (χ3n) is 4.03. The van der Waals surface area contributed by atoms with E-state index in [9.17, 15) is 5.11 Å². The van der Waals surface area contributed by atoms with Gasteiger partial charge in [-0.1, -0.05) is 6.07 Å². The zero-order valence-electron chi connectivity index (χ0n) is 13.8. The van der Waals surface area contributed by atoms with Crippen molar-refractivity contribution in [2.24, 2.45) is 0 Å². The topological polar surface area (TPSA) is 53.5 Å². The van der Waals surface area contributed by atoms with Crippen LogP contribution in [0.3, 0.4) is 0 Å². The van der Waals surface area contributed by atoms with E-state index in [4.69, 9.17) is 4.74 Å². The molecule has 0 atom stereocenters. The molecule has 1 aromatic rings. The number of benzene rings is 1. The van der Waals surface area contributed by atoms with Crippen molar-refractivity contribution < 1.29 is 9.84 Å². The number of hydrogen-bond donors (Lipinski definition) is 3. The van der Waals surface area contributed by atoms with Crippen LogP contribution in [0.15, 0.2) is 18.2 Å². The van der Waals surface area contributed by atoms with E-state index in [1.54, 1.807) is 13.2 Å². The molecule has 1 heterocycles. The van der Waals surface area contributed by atoms with E-state index >= 15 is 0 Å². The second kappa shape index (κ2) is 5.85. The standard InChI is InChI=1S/C17H28N2O2/c1-16(2)9-13(10-17(3,4)19-16)18-11-12-6-7-14(20)15(8-12)21-5/h6-8,13,18-20H,9-11H2,1-5H3. The highest BCUT2D eigenvalue weighted by molar-refractivity contribution is 5.41. The molecule has 0 aromatic heterocycles. The van der Waals surface area contributed by atoms with Crippen LogP contribution < -0.4 is 15.4 Å². The van der Waals surface area contributed by atoms with E-state index in [2.05, 4.69) is 38.3 Å². The third-order valence-corrected chi connectivity index (χ3v) is 4.03. The number of hydrogen-bond acceptors (Lipinski definition) is 4. The van der Waals surface area contributed by atoms with Crippen LogP contribution in [0.4, 0.5) is 0 Å². The van der Waals surface area contributed by atoms with Crippen LogP contribution in [0.25, 0.3) is 0 Å². The molecule has 118 valence electrons. The monoisotopic (exact) mass is 292 g/mol. The van der Waals surface area contributed by atoms with Crippen LogP contribution in [0.5, 0.6) is 11.5 Å². The van der Waals surface area contributed by atoms with Crippen molar-refractivity contribution in [3.8, 4) is 11.5 Å². The zero-order chi connectivity index (χ0) is 15.7. The molecule has 0 spiro atoms. The summed E-state index contributed by atoms with van der Waals surface area (Å²) in [6.07, 6.45) is 2.21. The van der Waals surface area contributed by atoms with Gasteiger partial charge in [0.2, 0.25) is 0 Å². The summed E-state index contributed by atoms with van der Waals surface area (Å²) >= 11 is 0. The normalized spacial score (nSPS) is 21.2. The molecule has 4 heteroatoms. The predicted molar refractivity (Wildman–Crippen MR) is 85.8 cm³/mol. The van der Waals surface area contributed by atoms with Crippen molar-refractivity contribution in [3.63, 3.8) is 0 Å². The van der Waals surface area contributed by atoms with Gasteiger partial charge in [0.05, 0.1) is 7.11 Å². The molecule has 0 amide bonds. The van der Waals surface area contributed by atoms with E-state index < -0.39 is 0 Å². The lowest BCUT2D eigenvalue weighted by atomic mass is 9.79. The summed E-state index contributed by atoms with van der Waals surface area (Å²) < 4.78 is 5.16. The lowest BCUT2D eigenvalue weighted by molar-refractivity contribution is 0.145. The SMILES string of the molecule is COc1cc(CNC2CC(C)(C)NC(C)(C)C2)ccc1O. The van der Waals surface area contributed by atoms with Crippen molar-refractivity contribution in [1.29, 1.82) is 0 Å². The van der Waals surface area contributed by atoms with E-state index in [-0.39, 0.29) is 16.8 Å². The van der Waals surface area contributed by atoms with Gasteiger partial charge >= 0.3 is 0 Å². The lowest BCUT2D eigenvalue weighted by Gasteiger charge is -2.46. The molecule has 1 saturated heterocycles. The van der Waals surface area contributed by atoms with Gasteiger partial charge in [-0.25, -0.2) is 0 Å². The molecule has 1 fully saturated rings. The number of methoxy groups -OCH3 is 1. The molecule has 1 aliphatic heterocycles. The first-order chi connectivity index (χ1) is 9.71. The summed E-state index contributed by atoms with van der Waals surface area (Å²) in [4.78, 5) is 0. The average Bonchev–Trinajstić information content (AvgIpc) is 2.34. The summed E-state index contributed by atoms with van der Waals surface area (Å²) in [5.74, 6) is 0.714. The summed E-state index contributed by atoms with van der Waals surface area (Å²) in [6.45, 7) is 9.81. The van der Waals surface area contributed by atoms with Gasteiger partial charge in [-0.05, 0) is 58.2 Å². The molecule has 1 aromatic carbocycles. The van der Waals surface area contributed by atoms with E-state index in [1.165, 1.54) is 0 Å². The van der Waals surface area contributed by atoms with Gasteiger partial charge in [0.15, 0.2) is 11.5 Å². The van der Waals surface area contributed by atoms with Crippen LogP contribution in [-0.2, 0) is 6.54 Å². The largest absolute Gasteiger partial charge is 0.504 e. The summed E-state index contributed by atoms with van der Waals surface area (Å²) in [6, 6.07) is 5.99. The van der Waals surface area contributed by atoms with Gasteiger partial charge in [0.1, 0.15) is 0 Å². The zero-order valence-corrected chi connectivity index (χ0v) is 13.8. The lowest BCUT2D eigenvalue weighted by Crippen LogP contribution is -2.61. The predicted octanol–water partition coefficient (Wildman–Crippen LogP) is 2.80. The molecular weight excluding hydrogens is 264 g/mol. The van der Waals surface area contributed by atoms with Crippen LogP contribution in [0.1, 0.15) is 46.1 Å². The van der Waals surface area contributed by atoms with Crippen LogP contribution in [0, 0.1) is 0 Å². The van der Waals surface area contributed by atoms with E-state index in [1.807, 2.05) is 12.1 Å². The Balaban J connectivity index is 1.99. The number of rotatable bonds is 4. The first kappa shape index (κ1) is 16.1. The van der Waals surface area contributed by atoms with Gasteiger partial charge in [-0.3, -0.25) is 0 Å². The summed E-state index contributed by atoms with van der Waals surface area (Å²) in [5, 5.41) is 17.0. The second-order valence-corrected chi connectivity index (χ2v) is 7.39. The van der Waals surface area contributed by atoms with Crippen LogP contribution >= 0.6 is 0 Å². The Labute approximate surface area is 127 Å².